The first kappa shape index (κ1) is 19.3. The Bertz CT molecular complexity index is 736. The zero-order valence-corrected chi connectivity index (χ0v) is 17.5. The summed E-state index contributed by atoms with van der Waals surface area (Å²) in [5.74, 6) is 0. The van der Waals surface area contributed by atoms with Crippen LogP contribution in [-0.4, -0.2) is 9.97 Å². The van der Waals surface area contributed by atoms with Crippen LogP contribution in [0, 0.1) is 20.8 Å². The normalized spacial score (nSPS) is 9.77. The number of nitrogens with zero attached hydrogens (tertiary/aromatic N) is 2. The number of thiazole rings is 2. The molecule has 0 atom stereocenters. The molecule has 0 spiro atoms. The molecule has 2 heterocycles. The van der Waals surface area contributed by atoms with Gasteiger partial charge in [0.1, 0.15) is 0 Å². The van der Waals surface area contributed by atoms with E-state index in [1.165, 1.54) is 5.56 Å². The molecular formula is C15H17Br2N3S2. The maximum Gasteiger partial charge on any atom is 0.187 e. The van der Waals surface area contributed by atoms with Gasteiger partial charge in [-0.05, 0) is 32.9 Å². The van der Waals surface area contributed by atoms with E-state index in [1.54, 1.807) is 22.7 Å². The van der Waals surface area contributed by atoms with Crippen molar-refractivity contribution >= 4 is 67.5 Å². The number of rotatable bonds is 3. The minimum Gasteiger partial charge on any atom is -0.332 e. The molecule has 0 radical (unpaired) electrons. The Morgan fingerprint density at radius 1 is 0.955 bits per heavy atom. The van der Waals surface area contributed by atoms with Crippen LogP contribution in [0.15, 0.2) is 29.6 Å². The standard InChI is InChI=1S/C15H15N3S2.2BrH/c1-9-4-6-12(7-5-9)17-15-18-13(8-19-15)14-10(2)16-11(3)20-14;;/h4-8H,1-3H3,(H,17,18);2*1H. The maximum atomic E-state index is 4.65. The van der Waals surface area contributed by atoms with E-state index in [0.29, 0.717) is 0 Å². The van der Waals surface area contributed by atoms with Crippen LogP contribution in [0.3, 0.4) is 0 Å². The van der Waals surface area contributed by atoms with E-state index in [-0.39, 0.29) is 34.0 Å². The Labute approximate surface area is 159 Å². The monoisotopic (exact) mass is 461 g/mol. The van der Waals surface area contributed by atoms with Gasteiger partial charge in [-0.15, -0.1) is 56.6 Å². The highest BCUT2D eigenvalue weighted by Crippen LogP contribution is 2.32. The molecule has 3 rings (SSSR count). The van der Waals surface area contributed by atoms with Crippen molar-refractivity contribution in [2.45, 2.75) is 20.8 Å². The van der Waals surface area contributed by atoms with E-state index in [0.717, 1.165) is 32.1 Å². The van der Waals surface area contributed by atoms with Gasteiger partial charge in [-0.25, -0.2) is 9.97 Å². The van der Waals surface area contributed by atoms with Crippen LogP contribution in [-0.2, 0) is 0 Å². The van der Waals surface area contributed by atoms with Crippen molar-refractivity contribution in [3.8, 4) is 10.6 Å². The van der Waals surface area contributed by atoms with E-state index in [4.69, 9.17) is 0 Å². The number of nitrogens with one attached hydrogen (secondary N) is 1. The molecule has 0 aliphatic heterocycles. The molecular weight excluding hydrogens is 446 g/mol. The van der Waals surface area contributed by atoms with Gasteiger partial charge in [0.25, 0.3) is 0 Å². The number of hydrogen-bond acceptors (Lipinski definition) is 5. The molecule has 0 aliphatic rings. The Balaban J connectivity index is 0.00000121. The fourth-order valence-electron chi connectivity index (χ4n) is 1.96. The summed E-state index contributed by atoms with van der Waals surface area (Å²) in [5.41, 5.74) is 4.38. The average Bonchev–Trinajstić information content (AvgIpc) is 2.99. The summed E-state index contributed by atoms with van der Waals surface area (Å²) in [5, 5.41) is 7.41. The maximum absolute atomic E-state index is 4.65. The molecule has 0 unspecified atom stereocenters. The van der Waals surface area contributed by atoms with Gasteiger partial charge in [0, 0.05) is 11.1 Å². The molecule has 3 nitrogen and oxygen atoms in total. The minimum absolute atomic E-state index is 0. The summed E-state index contributed by atoms with van der Waals surface area (Å²) < 4.78 is 0. The summed E-state index contributed by atoms with van der Waals surface area (Å²) in [7, 11) is 0. The number of aromatic nitrogens is 2. The molecule has 0 bridgehead atoms. The molecule has 0 amide bonds. The van der Waals surface area contributed by atoms with E-state index in [2.05, 4.69) is 51.9 Å². The van der Waals surface area contributed by atoms with E-state index >= 15 is 0 Å². The Morgan fingerprint density at radius 2 is 1.64 bits per heavy atom. The van der Waals surface area contributed by atoms with Crippen LogP contribution in [0.4, 0.5) is 10.8 Å². The summed E-state index contributed by atoms with van der Waals surface area (Å²) in [6.45, 7) is 6.14. The smallest absolute Gasteiger partial charge is 0.187 e. The van der Waals surface area contributed by atoms with Gasteiger partial charge in [0.05, 0.1) is 21.3 Å². The van der Waals surface area contributed by atoms with E-state index < -0.39 is 0 Å². The van der Waals surface area contributed by atoms with Crippen molar-refractivity contribution in [3.63, 3.8) is 0 Å². The van der Waals surface area contributed by atoms with Gasteiger partial charge in [-0.2, -0.15) is 0 Å². The van der Waals surface area contributed by atoms with Gasteiger partial charge in [-0.3, -0.25) is 0 Å². The quantitative estimate of drug-likeness (QED) is 0.511. The van der Waals surface area contributed by atoms with Crippen LogP contribution < -0.4 is 5.32 Å². The first-order chi connectivity index (χ1) is 9.61. The predicted octanol–water partition coefficient (Wildman–Crippen LogP) is 6.09. The van der Waals surface area contributed by atoms with Crippen LogP contribution in [0.2, 0.25) is 0 Å². The van der Waals surface area contributed by atoms with Gasteiger partial charge < -0.3 is 5.32 Å². The molecule has 118 valence electrons. The van der Waals surface area contributed by atoms with Crippen molar-refractivity contribution in [1.82, 2.24) is 9.97 Å². The summed E-state index contributed by atoms with van der Waals surface area (Å²) in [6.07, 6.45) is 0. The molecule has 3 aromatic rings. The van der Waals surface area contributed by atoms with Crippen molar-refractivity contribution in [1.29, 1.82) is 0 Å². The Hall–Kier alpha value is -0.760. The number of hydrogen-bond donors (Lipinski definition) is 1. The second-order valence-corrected chi connectivity index (χ2v) is 6.74. The molecule has 0 aliphatic carbocycles. The fourth-order valence-corrected chi connectivity index (χ4v) is 3.64. The molecule has 0 saturated heterocycles. The third kappa shape index (κ3) is 4.38. The van der Waals surface area contributed by atoms with E-state index in [1.807, 2.05) is 13.8 Å². The molecule has 1 aromatic carbocycles. The lowest BCUT2D eigenvalue weighted by Crippen LogP contribution is -1.89. The van der Waals surface area contributed by atoms with Crippen LogP contribution in [0.1, 0.15) is 16.3 Å². The van der Waals surface area contributed by atoms with Crippen molar-refractivity contribution in [2.24, 2.45) is 0 Å². The first-order valence-electron chi connectivity index (χ1n) is 6.35. The molecule has 7 heteroatoms. The highest BCUT2D eigenvalue weighted by molar-refractivity contribution is 8.93. The van der Waals surface area contributed by atoms with Gasteiger partial charge >= 0.3 is 0 Å². The number of aryl methyl sites for hydroxylation is 3. The first-order valence-corrected chi connectivity index (χ1v) is 8.05. The second kappa shape index (κ2) is 8.19. The SMILES string of the molecule is Br.Br.Cc1ccc(Nc2nc(-c3sc(C)nc3C)cs2)cc1. The van der Waals surface area contributed by atoms with Crippen LogP contribution in [0.5, 0.6) is 0 Å². The van der Waals surface area contributed by atoms with Crippen molar-refractivity contribution in [3.05, 3.63) is 45.9 Å². The lowest BCUT2D eigenvalue weighted by Gasteiger charge is -2.02. The lowest BCUT2D eigenvalue weighted by atomic mass is 10.2. The molecule has 1 N–H and O–H groups in total. The second-order valence-electron chi connectivity index (χ2n) is 4.68. The third-order valence-corrected chi connectivity index (χ3v) is 4.80. The van der Waals surface area contributed by atoms with E-state index in [9.17, 15) is 0 Å². The van der Waals surface area contributed by atoms with Gasteiger partial charge in [0.2, 0.25) is 0 Å². The van der Waals surface area contributed by atoms with Crippen molar-refractivity contribution in [2.75, 3.05) is 5.32 Å². The Morgan fingerprint density at radius 3 is 2.23 bits per heavy atom. The molecule has 22 heavy (non-hydrogen) atoms. The Kier molecular flexibility index (Phi) is 7.18. The average molecular weight is 463 g/mol. The largest absolute Gasteiger partial charge is 0.332 e. The predicted molar refractivity (Wildman–Crippen MR) is 108 cm³/mol. The highest BCUT2D eigenvalue weighted by atomic mass is 79.9. The minimum atomic E-state index is 0. The number of benzene rings is 1. The molecule has 2 aromatic heterocycles. The number of anilines is 2. The lowest BCUT2D eigenvalue weighted by molar-refractivity contribution is 1.20. The highest BCUT2D eigenvalue weighted by Gasteiger charge is 2.11. The number of halogens is 2. The van der Waals surface area contributed by atoms with Crippen LogP contribution >= 0.6 is 56.6 Å². The third-order valence-electron chi connectivity index (χ3n) is 2.94. The zero-order valence-electron chi connectivity index (χ0n) is 12.4. The van der Waals surface area contributed by atoms with Gasteiger partial charge in [0.15, 0.2) is 5.13 Å². The van der Waals surface area contributed by atoms with Crippen molar-refractivity contribution < 1.29 is 0 Å². The summed E-state index contributed by atoms with van der Waals surface area (Å²) in [4.78, 5) is 10.3. The summed E-state index contributed by atoms with van der Waals surface area (Å²) >= 11 is 3.31. The topological polar surface area (TPSA) is 37.8 Å². The van der Waals surface area contributed by atoms with Gasteiger partial charge in [-0.1, -0.05) is 17.7 Å². The fraction of sp³-hybridized carbons (Fsp3) is 0.200. The summed E-state index contributed by atoms with van der Waals surface area (Å²) in [6, 6.07) is 8.32. The molecule has 0 saturated carbocycles. The zero-order chi connectivity index (χ0) is 14.1. The molecule has 0 fully saturated rings. The van der Waals surface area contributed by atoms with Crippen LogP contribution in [0.25, 0.3) is 10.6 Å².